The van der Waals surface area contributed by atoms with Gasteiger partial charge in [-0.05, 0) is 37.8 Å². The molecule has 23 heavy (non-hydrogen) atoms. The molecule has 0 radical (unpaired) electrons. The smallest absolute Gasteiger partial charge is 0.161 e. The lowest BCUT2D eigenvalue weighted by molar-refractivity contribution is -0.167. The van der Waals surface area contributed by atoms with Crippen molar-refractivity contribution in [1.82, 2.24) is 4.98 Å². The molecule has 0 aromatic carbocycles. The summed E-state index contributed by atoms with van der Waals surface area (Å²) in [4.78, 5) is 42.9. The van der Waals surface area contributed by atoms with Crippen molar-refractivity contribution in [2.45, 2.75) is 30.0 Å². The predicted octanol–water partition coefficient (Wildman–Crippen LogP) is 2.48. The fraction of sp³-hybridized carbons (Fsp3) is 0.444. The first kappa shape index (κ1) is 14.8. The second-order valence-corrected chi connectivity index (χ2v) is 7.73. The molecular weight excluding hydrogens is 310 g/mol. The molecule has 4 nitrogen and oxygen atoms in total. The molecule has 1 unspecified atom stereocenters. The maximum Gasteiger partial charge on any atom is 0.161 e. The minimum atomic E-state index is -1.13. The van der Waals surface area contributed by atoms with E-state index in [1.54, 1.807) is 6.20 Å². The molecule has 0 N–H and O–H groups in total. The Morgan fingerprint density at radius 3 is 2.87 bits per heavy atom. The van der Waals surface area contributed by atoms with Gasteiger partial charge in [-0.25, -0.2) is 4.98 Å². The van der Waals surface area contributed by atoms with E-state index in [1.165, 1.54) is 18.7 Å². The molecule has 4 bridgehead atoms. The van der Waals surface area contributed by atoms with Crippen LogP contribution in [0.2, 0.25) is 0 Å². The number of pyridine rings is 1. The first-order valence-electron chi connectivity index (χ1n) is 7.90. The fourth-order valence-electron chi connectivity index (χ4n) is 4.64. The second-order valence-electron chi connectivity index (χ2n) is 6.56. The molecule has 1 aromatic heterocycles. The lowest BCUT2D eigenvalue weighted by Crippen LogP contribution is -2.68. The van der Waals surface area contributed by atoms with Crippen LogP contribution >= 0.6 is 11.8 Å². The highest BCUT2D eigenvalue weighted by Gasteiger charge is 2.69. The fourth-order valence-corrected chi connectivity index (χ4v) is 5.89. The van der Waals surface area contributed by atoms with Crippen molar-refractivity contribution in [2.75, 3.05) is 0 Å². The number of nitrogens with zero attached hydrogens (tertiary/aromatic N) is 1. The van der Waals surface area contributed by atoms with Crippen molar-refractivity contribution in [3.05, 3.63) is 36.5 Å². The summed E-state index contributed by atoms with van der Waals surface area (Å²) in [5.41, 5.74) is -1.13. The number of Topliss-reactive ketones (excluding diaryl/α,β-unsaturated/α-hetero) is 3. The van der Waals surface area contributed by atoms with Crippen LogP contribution in [0, 0.1) is 23.2 Å². The number of rotatable bonds is 3. The second kappa shape index (κ2) is 5.13. The lowest BCUT2D eigenvalue weighted by atomic mass is 9.45. The summed E-state index contributed by atoms with van der Waals surface area (Å²) in [6.07, 6.45) is 6.73. The molecule has 3 saturated carbocycles. The zero-order valence-electron chi connectivity index (χ0n) is 12.8. The van der Waals surface area contributed by atoms with Crippen molar-refractivity contribution in [2.24, 2.45) is 23.2 Å². The third kappa shape index (κ3) is 1.86. The standard InChI is InChI=1S/C18H17NO3S/c1-10(20)18-11-5-4-6-13(18)15(21)12(9-11)16(17(18)22)23-14-7-2-3-8-19-14/h2-5,7-8,11-13,16H,6,9H2,1H3/t11-,12-,13+,16?,18+/m0/s1. The molecule has 0 spiro atoms. The molecule has 5 atom stereocenters. The number of aromatic nitrogens is 1. The number of carbonyl (C=O) groups is 3. The van der Waals surface area contributed by atoms with Gasteiger partial charge in [-0.2, -0.15) is 0 Å². The number of thioether (sulfide) groups is 1. The first-order valence-corrected chi connectivity index (χ1v) is 8.78. The average molecular weight is 327 g/mol. The Balaban J connectivity index is 1.78. The Morgan fingerprint density at radius 2 is 2.17 bits per heavy atom. The van der Waals surface area contributed by atoms with Crippen LogP contribution in [-0.4, -0.2) is 27.6 Å². The van der Waals surface area contributed by atoms with Crippen LogP contribution < -0.4 is 0 Å². The van der Waals surface area contributed by atoms with E-state index in [1.807, 2.05) is 30.4 Å². The van der Waals surface area contributed by atoms with E-state index in [9.17, 15) is 14.4 Å². The molecule has 1 heterocycles. The van der Waals surface area contributed by atoms with Crippen LogP contribution in [-0.2, 0) is 14.4 Å². The zero-order valence-corrected chi connectivity index (χ0v) is 13.6. The summed E-state index contributed by atoms with van der Waals surface area (Å²) in [7, 11) is 0. The number of ketones is 3. The Hall–Kier alpha value is -1.75. The van der Waals surface area contributed by atoms with E-state index < -0.39 is 16.6 Å². The van der Waals surface area contributed by atoms with E-state index in [0.29, 0.717) is 12.8 Å². The first-order chi connectivity index (χ1) is 11.1. The van der Waals surface area contributed by atoms with E-state index in [4.69, 9.17) is 0 Å². The van der Waals surface area contributed by atoms with Crippen molar-refractivity contribution >= 4 is 29.1 Å². The molecule has 118 valence electrons. The Morgan fingerprint density at radius 1 is 1.35 bits per heavy atom. The third-order valence-corrected chi connectivity index (χ3v) is 6.87. The quantitative estimate of drug-likeness (QED) is 0.630. The molecule has 0 saturated heterocycles. The lowest BCUT2D eigenvalue weighted by Gasteiger charge is -2.56. The highest BCUT2D eigenvalue weighted by Crippen LogP contribution is 2.60. The molecule has 4 aliphatic rings. The maximum absolute atomic E-state index is 13.3. The summed E-state index contributed by atoms with van der Waals surface area (Å²) < 4.78 is 0. The predicted molar refractivity (Wildman–Crippen MR) is 85.9 cm³/mol. The van der Waals surface area contributed by atoms with E-state index in [2.05, 4.69) is 4.98 Å². The van der Waals surface area contributed by atoms with Gasteiger partial charge in [0.1, 0.15) is 17.0 Å². The number of carbonyl (C=O) groups excluding carboxylic acids is 3. The van der Waals surface area contributed by atoms with E-state index >= 15 is 0 Å². The van der Waals surface area contributed by atoms with Gasteiger partial charge in [-0.3, -0.25) is 14.4 Å². The molecule has 4 aliphatic carbocycles. The minimum absolute atomic E-state index is 0.0594. The molecule has 3 fully saturated rings. The van der Waals surface area contributed by atoms with Crippen LogP contribution in [0.4, 0.5) is 0 Å². The Kier molecular flexibility index (Phi) is 3.30. The van der Waals surface area contributed by atoms with Gasteiger partial charge in [0.05, 0.1) is 10.3 Å². The van der Waals surface area contributed by atoms with Gasteiger partial charge in [0.15, 0.2) is 5.78 Å². The van der Waals surface area contributed by atoms with Gasteiger partial charge in [0, 0.05) is 18.0 Å². The summed E-state index contributed by atoms with van der Waals surface area (Å²) in [6.45, 7) is 1.47. The third-order valence-electron chi connectivity index (χ3n) is 5.59. The van der Waals surface area contributed by atoms with Crippen molar-refractivity contribution < 1.29 is 14.4 Å². The van der Waals surface area contributed by atoms with Gasteiger partial charge >= 0.3 is 0 Å². The van der Waals surface area contributed by atoms with E-state index in [0.717, 1.165) is 5.03 Å². The molecule has 5 heteroatoms. The van der Waals surface area contributed by atoms with Crippen LogP contribution in [0.15, 0.2) is 41.6 Å². The van der Waals surface area contributed by atoms with Crippen LogP contribution in [0.3, 0.4) is 0 Å². The van der Waals surface area contributed by atoms with Gasteiger partial charge in [0.25, 0.3) is 0 Å². The van der Waals surface area contributed by atoms with E-state index in [-0.39, 0.29) is 29.2 Å². The molecule has 1 aromatic rings. The minimum Gasteiger partial charge on any atom is -0.299 e. The van der Waals surface area contributed by atoms with Crippen LogP contribution in [0.5, 0.6) is 0 Å². The highest BCUT2D eigenvalue weighted by molar-refractivity contribution is 8.00. The van der Waals surface area contributed by atoms with Crippen LogP contribution in [0.1, 0.15) is 19.8 Å². The number of hydrogen-bond acceptors (Lipinski definition) is 5. The summed E-state index contributed by atoms with van der Waals surface area (Å²) >= 11 is 1.34. The van der Waals surface area contributed by atoms with Crippen molar-refractivity contribution in [3.8, 4) is 0 Å². The van der Waals surface area contributed by atoms with Gasteiger partial charge in [-0.15, -0.1) is 0 Å². The maximum atomic E-state index is 13.3. The highest BCUT2D eigenvalue weighted by atomic mass is 32.2. The number of allylic oxidation sites excluding steroid dienone is 2. The van der Waals surface area contributed by atoms with Crippen molar-refractivity contribution in [1.29, 1.82) is 0 Å². The average Bonchev–Trinajstić information content (AvgIpc) is 2.55. The summed E-state index contributed by atoms with van der Waals surface area (Å²) in [6, 6.07) is 5.52. The number of hydrogen-bond donors (Lipinski definition) is 0. The molecule has 0 amide bonds. The Bertz CT molecular complexity index is 729. The summed E-state index contributed by atoms with van der Waals surface area (Å²) in [5, 5.41) is 0.242. The monoisotopic (exact) mass is 327 g/mol. The largest absolute Gasteiger partial charge is 0.299 e. The zero-order chi connectivity index (χ0) is 16.2. The Labute approximate surface area is 138 Å². The topological polar surface area (TPSA) is 64.1 Å². The molecule has 5 rings (SSSR count). The van der Waals surface area contributed by atoms with Crippen LogP contribution in [0.25, 0.3) is 0 Å². The van der Waals surface area contributed by atoms with Gasteiger partial charge in [0.2, 0.25) is 0 Å². The van der Waals surface area contributed by atoms with Crippen molar-refractivity contribution in [3.63, 3.8) is 0 Å². The molecular formula is C18H17NO3S. The molecule has 0 aliphatic heterocycles. The van der Waals surface area contributed by atoms with Gasteiger partial charge < -0.3 is 0 Å². The van der Waals surface area contributed by atoms with Gasteiger partial charge in [-0.1, -0.05) is 30.0 Å². The number of fused-ring (bicyclic) bond motifs is 1. The normalized spacial score (nSPS) is 38.0. The summed E-state index contributed by atoms with van der Waals surface area (Å²) in [5.74, 6) is -0.989. The SMILES string of the molecule is CC(=O)[C@@]12C(=O)C(Sc3ccccn3)[C@H]3C[C@@H]1C=CC[C@@H]2C3=O.